The van der Waals surface area contributed by atoms with Crippen molar-refractivity contribution in [3.8, 4) is 0 Å². The van der Waals surface area contributed by atoms with Gasteiger partial charge in [0, 0.05) is 12.2 Å². The minimum Gasteiger partial charge on any atom is -0.389 e. The first kappa shape index (κ1) is 16.1. The zero-order valence-corrected chi connectivity index (χ0v) is 11.7. The van der Waals surface area contributed by atoms with Crippen molar-refractivity contribution < 1.29 is 23.0 Å². The average Bonchev–Trinajstić information content (AvgIpc) is 2.95. The van der Waals surface area contributed by atoms with Crippen molar-refractivity contribution in [3.05, 3.63) is 29.8 Å². The summed E-state index contributed by atoms with van der Waals surface area (Å²) >= 11 is 0. The fraction of sp³-hybridized carbons (Fsp3) is 0.600. The number of aliphatic hydroxyl groups excluding tert-OH is 1. The van der Waals surface area contributed by atoms with E-state index < -0.39 is 17.8 Å². The van der Waals surface area contributed by atoms with Gasteiger partial charge >= 0.3 is 6.18 Å². The summed E-state index contributed by atoms with van der Waals surface area (Å²) in [5, 5.41) is 12.7. The second-order valence-corrected chi connectivity index (χ2v) is 5.35. The van der Waals surface area contributed by atoms with E-state index in [1.54, 1.807) is 0 Å². The van der Waals surface area contributed by atoms with Gasteiger partial charge in [0.25, 0.3) is 0 Å². The summed E-state index contributed by atoms with van der Waals surface area (Å²) in [5.41, 5.74) is -0.138. The molecule has 1 fully saturated rings. The Morgan fingerprint density at radius 3 is 2.38 bits per heavy atom. The van der Waals surface area contributed by atoms with Crippen LogP contribution >= 0.6 is 0 Å². The number of hydrogen-bond acceptors (Lipinski definition) is 3. The lowest BCUT2D eigenvalue weighted by molar-refractivity contribution is -0.137. The number of anilines is 1. The van der Waals surface area contributed by atoms with Crippen LogP contribution in [0.25, 0.3) is 0 Å². The Labute approximate surface area is 122 Å². The van der Waals surface area contributed by atoms with Crippen LogP contribution in [-0.2, 0) is 10.9 Å². The van der Waals surface area contributed by atoms with E-state index in [-0.39, 0.29) is 19.3 Å². The van der Waals surface area contributed by atoms with Crippen LogP contribution in [0.4, 0.5) is 18.9 Å². The second kappa shape index (κ2) is 7.13. The molecule has 0 aromatic heterocycles. The highest BCUT2D eigenvalue weighted by Crippen LogP contribution is 2.29. The molecule has 0 saturated heterocycles. The van der Waals surface area contributed by atoms with Gasteiger partial charge < -0.3 is 15.2 Å². The molecule has 2 rings (SSSR count). The molecular weight excluding hydrogens is 283 g/mol. The van der Waals surface area contributed by atoms with Crippen LogP contribution in [0.15, 0.2) is 24.3 Å². The largest absolute Gasteiger partial charge is 0.416 e. The van der Waals surface area contributed by atoms with Gasteiger partial charge in [-0.15, -0.1) is 0 Å². The highest BCUT2D eigenvalue weighted by Gasteiger charge is 2.29. The smallest absolute Gasteiger partial charge is 0.389 e. The molecule has 1 atom stereocenters. The third-order valence-electron chi connectivity index (χ3n) is 3.58. The van der Waals surface area contributed by atoms with Crippen molar-refractivity contribution >= 4 is 5.69 Å². The fourth-order valence-electron chi connectivity index (χ4n) is 2.37. The van der Waals surface area contributed by atoms with Crippen LogP contribution in [0.2, 0.25) is 0 Å². The van der Waals surface area contributed by atoms with Gasteiger partial charge in [0.2, 0.25) is 0 Å². The number of nitrogens with one attached hydrogen (secondary N) is 1. The van der Waals surface area contributed by atoms with E-state index in [4.69, 9.17) is 4.74 Å². The van der Waals surface area contributed by atoms with E-state index in [9.17, 15) is 18.3 Å². The molecule has 0 aliphatic heterocycles. The van der Waals surface area contributed by atoms with Crippen molar-refractivity contribution in [1.82, 2.24) is 0 Å². The van der Waals surface area contributed by atoms with Gasteiger partial charge in [0.05, 0.1) is 24.4 Å². The minimum atomic E-state index is -4.33. The Bertz CT molecular complexity index is 428. The Hall–Kier alpha value is -1.27. The summed E-state index contributed by atoms with van der Waals surface area (Å²) in [7, 11) is 0. The topological polar surface area (TPSA) is 41.5 Å². The number of ether oxygens (including phenoxy) is 1. The Kier molecular flexibility index (Phi) is 5.47. The summed E-state index contributed by atoms with van der Waals surface area (Å²) in [6.45, 7) is 0.496. The average molecular weight is 303 g/mol. The lowest BCUT2D eigenvalue weighted by atomic mass is 10.2. The molecule has 118 valence electrons. The number of benzene rings is 1. The fourth-order valence-corrected chi connectivity index (χ4v) is 2.37. The van der Waals surface area contributed by atoms with Gasteiger partial charge in [-0.1, -0.05) is 12.8 Å². The zero-order valence-electron chi connectivity index (χ0n) is 11.7. The summed E-state index contributed by atoms with van der Waals surface area (Å²) in [6, 6.07) is 4.74. The molecule has 2 N–H and O–H groups in total. The van der Waals surface area contributed by atoms with Gasteiger partial charge in [-0.25, -0.2) is 0 Å². The monoisotopic (exact) mass is 303 g/mol. The maximum atomic E-state index is 12.4. The molecule has 1 aromatic rings. The van der Waals surface area contributed by atoms with Crippen molar-refractivity contribution in [1.29, 1.82) is 0 Å². The maximum Gasteiger partial charge on any atom is 0.416 e. The number of aliphatic hydroxyl groups is 1. The molecule has 1 aromatic carbocycles. The van der Waals surface area contributed by atoms with E-state index in [0.29, 0.717) is 5.69 Å². The van der Waals surface area contributed by atoms with Crippen LogP contribution in [0.3, 0.4) is 0 Å². The standard InChI is InChI=1S/C15H20F3NO2/c16-15(17,18)11-5-7-12(8-6-11)19-9-13(20)10-21-14-3-1-2-4-14/h5-8,13-14,19-20H,1-4,9-10H2. The van der Waals surface area contributed by atoms with Crippen molar-refractivity contribution in [3.63, 3.8) is 0 Å². The van der Waals surface area contributed by atoms with E-state index in [2.05, 4.69) is 5.32 Å². The van der Waals surface area contributed by atoms with E-state index >= 15 is 0 Å². The Morgan fingerprint density at radius 1 is 1.19 bits per heavy atom. The summed E-state index contributed by atoms with van der Waals surface area (Å²) in [5.74, 6) is 0. The molecule has 1 unspecified atom stereocenters. The first-order valence-electron chi connectivity index (χ1n) is 7.16. The van der Waals surface area contributed by atoms with E-state index in [1.807, 2.05) is 0 Å². The summed E-state index contributed by atoms with van der Waals surface area (Å²) in [4.78, 5) is 0. The van der Waals surface area contributed by atoms with Crippen LogP contribution in [0, 0.1) is 0 Å². The van der Waals surface area contributed by atoms with Crippen molar-refractivity contribution in [2.75, 3.05) is 18.5 Å². The number of alkyl halides is 3. The highest BCUT2D eigenvalue weighted by atomic mass is 19.4. The van der Waals surface area contributed by atoms with E-state index in [1.165, 1.54) is 25.0 Å². The van der Waals surface area contributed by atoms with Crippen LogP contribution in [0.1, 0.15) is 31.2 Å². The first-order chi connectivity index (χ1) is 9.95. The molecule has 0 amide bonds. The number of hydrogen-bond donors (Lipinski definition) is 2. The highest BCUT2D eigenvalue weighted by molar-refractivity contribution is 5.45. The molecule has 21 heavy (non-hydrogen) atoms. The lowest BCUT2D eigenvalue weighted by Gasteiger charge is -2.16. The molecule has 0 bridgehead atoms. The molecular formula is C15H20F3NO2. The lowest BCUT2D eigenvalue weighted by Crippen LogP contribution is -2.27. The minimum absolute atomic E-state index is 0.241. The van der Waals surface area contributed by atoms with Crippen LogP contribution in [0.5, 0.6) is 0 Å². The van der Waals surface area contributed by atoms with Gasteiger partial charge in [-0.3, -0.25) is 0 Å². The normalized spacial score (nSPS) is 17.9. The molecule has 0 spiro atoms. The van der Waals surface area contributed by atoms with Gasteiger partial charge in [0.1, 0.15) is 0 Å². The molecule has 1 aliphatic rings. The number of halogens is 3. The summed E-state index contributed by atoms with van der Waals surface area (Å²) < 4.78 is 42.8. The molecule has 0 radical (unpaired) electrons. The predicted octanol–water partition coefficient (Wildman–Crippen LogP) is 3.44. The quantitative estimate of drug-likeness (QED) is 0.846. The van der Waals surface area contributed by atoms with Crippen LogP contribution < -0.4 is 5.32 Å². The van der Waals surface area contributed by atoms with Crippen molar-refractivity contribution in [2.24, 2.45) is 0 Å². The SMILES string of the molecule is OC(CNc1ccc(C(F)(F)F)cc1)COC1CCCC1. The van der Waals surface area contributed by atoms with Gasteiger partial charge in [0.15, 0.2) is 0 Å². The predicted molar refractivity (Wildman–Crippen MR) is 74.1 cm³/mol. The Balaban J connectivity index is 1.71. The summed E-state index contributed by atoms with van der Waals surface area (Å²) in [6.07, 6.45) is -0.334. The molecule has 1 saturated carbocycles. The van der Waals surface area contributed by atoms with Gasteiger partial charge in [-0.05, 0) is 37.1 Å². The molecule has 1 aliphatic carbocycles. The molecule has 0 heterocycles. The zero-order chi connectivity index (χ0) is 15.3. The third kappa shape index (κ3) is 5.21. The maximum absolute atomic E-state index is 12.4. The first-order valence-corrected chi connectivity index (χ1v) is 7.16. The van der Waals surface area contributed by atoms with Crippen LogP contribution in [-0.4, -0.2) is 30.5 Å². The number of rotatable bonds is 6. The molecule has 6 heteroatoms. The van der Waals surface area contributed by atoms with E-state index in [0.717, 1.165) is 25.0 Å². The second-order valence-electron chi connectivity index (χ2n) is 5.35. The van der Waals surface area contributed by atoms with Gasteiger partial charge in [-0.2, -0.15) is 13.2 Å². The van der Waals surface area contributed by atoms with Crippen molar-refractivity contribution in [2.45, 2.75) is 44.1 Å². The Morgan fingerprint density at radius 2 is 1.81 bits per heavy atom. The third-order valence-corrected chi connectivity index (χ3v) is 3.58. The molecule has 3 nitrogen and oxygen atoms in total.